The van der Waals surface area contributed by atoms with Gasteiger partial charge in [-0.05, 0) is 37.1 Å². The van der Waals surface area contributed by atoms with Crippen molar-refractivity contribution in [3.63, 3.8) is 0 Å². The number of nitrogens with zero attached hydrogens (tertiary/aromatic N) is 4. The molecule has 1 aromatic carbocycles. The van der Waals surface area contributed by atoms with E-state index >= 15 is 0 Å². The van der Waals surface area contributed by atoms with Crippen LogP contribution in [0.4, 0.5) is 0 Å². The van der Waals surface area contributed by atoms with Crippen LogP contribution in [0, 0.1) is 5.92 Å². The number of nitrogens with one attached hydrogen (secondary N) is 1. The van der Waals surface area contributed by atoms with Gasteiger partial charge in [0.2, 0.25) is 17.6 Å². The van der Waals surface area contributed by atoms with Gasteiger partial charge in [-0.15, -0.1) is 0 Å². The standard InChI is InChI=1S/C18H25N5O5S/c1-22(2)29(25,26)23-10-4-5-14(12-23)18(24)19-11-16-20-17(21-28-16)13-6-8-15(27-3)9-7-13/h6-9,14H,4-5,10-12H2,1-3H3,(H,19,24)/t14-/m1/s1. The topological polar surface area (TPSA) is 118 Å². The van der Waals surface area contributed by atoms with Crippen molar-refractivity contribution in [2.24, 2.45) is 5.92 Å². The number of hydrogen-bond acceptors (Lipinski definition) is 7. The number of ether oxygens (including phenoxy) is 1. The number of carbonyl (C=O) groups is 1. The Bertz CT molecular complexity index is 942. The number of methoxy groups -OCH3 is 1. The van der Waals surface area contributed by atoms with Crippen LogP contribution in [0.1, 0.15) is 18.7 Å². The van der Waals surface area contributed by atoms with Crippen LogP contribution in [0.25, 0.3) is 11.4 Å². The van der Waals surface area contributed by atoms with Crippen molar-refractivity contribution < 1.29 is 22.5 Å². The van der Waals surface area contributed by atoms with Crippen molar-refractivity contribution in [2.75, 3.05) is 34.3 Å². The number of rotatable bonds is 7. The normalized spacial score (nSPS) is 18.0. The molecule has 3 rings (SSSR count). The van der Waals surface area contributed by atoms with Gasteiger partial charge in [-0.25, -0.2) is 0 Å². The van der Waals surface area contributed by atoms with E-state index in [4.69, 9.17) is 9.26 Å². The largest absolute Gasteiger partial charge is 0.497 e. The van der Waals surface area contributed by atoms with Crippen molar-refractivity contribution in [3.8, 4) is 17.1 Å². The fraction of sp³-hybridized carbons (Fsp3) is 0.500. The summed E-state index contributed by atoms with van der Waals surface area (Å²) < 4.78 is 37.4. The van der Waals surface area contributed by atoms with Gasteiger partial charge in [0, 0.05) is 32.7 Å². The fourth-order valence-corrected chi connectivity index (χ4v) is 4.28. The lowest BCUT2D eigenvalue weighted by Gasteiger charge is -2.32. The molecule has 11 heteroatoms. The molecule has 1 amide bonds. The number of piperidine rings is 1. The minimum absolute atomic E-state index is 0.0823. The Morgan fingerprint density at radius 2 is 2.07 bits per heavy atom. The van der Waals surface area contributed by atoms with E-state index in [9.17, 15) is 13.2 Å². The first-order valence-electron chi connectivity index (χ1n) is 9.23. The molecule has 0 radical (unpaired) electrons. The third kappa shape index (κ3) is 4.92. The van der Waals surface area contributed by atoms with E-state index in [2.05, 4.69) is 15.5 Å². The zero-order chi connectivity index (χ0) is 21.0. The molecule has 0 unspecified atom stereocenters. The third-order valence-electron chi connectivity index (χ3n) is 4.77. The Kier molecular flexibility index (Phi) is 6.50. The average Bonchev–Trinajstić information content (AvgIpc) is 3.21. The Hall–Kier alpha value is -2.50. The highest BCUT2D eigenvalue weighted by molar-refractivity contribution is 7.86. The number of carbonyl (C=O) groups excluding carboxylic acids is 1. The first-order valence-corrected chi connectivity index (χ1v) is 10.6. The van der Waals surface area contributed by atoms with Crippen LogP contribution in [0.3, 0.4) is 0 Å². The van der Waals surface area contributed by atoms with Crippen LogP contribution in [0.5, 0.6) is 5.75 Å². The van der Waals surface area contributed by atoms with Gasteiger partial charge in [-0.2, -0.15) is 22.0 Å². The molecule has 158 valence electrons. The van der Waals surface area contributed by atoms with Crippen LogP contribution < -0.4 is 10.1 Å². The summed E-state index contributed by atoms with van der Waals surface area (Å²) in [5.41, 5.74) is 0.768. The van der Waals surface area contributed by atoms with Gasteiger partial charge in [-0.1, -0.05) is 5.16 Å². The van der Waals surface area contributed by atoms with Crippen molar-refractivity contribution in [1.82, 2.24) is 24.1 Å². The van der Waals surface area contributed by atoms with Crippen LogP contribution in [-0.4, -0.2) is 67.4 Å². The maximum absolute atomic E-state index is 12.5. The molecule has 1 saturated heterocycles. The highest BCUT2D eigenvalue weighted by Crippen LogP contribution is 2.21. The molecule has 10 nitrogen and oxygen atoms in total. The molecule has 0 bridgehead atoms. The molecule has 29 heavy (non-hydrogen) atoms. The lowest BCUT2D eigenvalue weighted by Crippen LogP contribution is -2.48. The van der Waals surface area contributed by atoms with Crippen LogP contribution in [0.2, 0.25) is 0 Å². The Morgan fingerprint density at radius 1 is 1.34 bits per heavy atom. The van der Waals surface area contributed by atoms with E-state index in [1.165, 1.54) is 18.4 Å². The summed E-state index contributed by atoms with van der Waals surface area (Å²) in [5, 5.41) is 6.69. The van der Waals surface area contributed by atoms with Gasteiger partial charge in [0.1, 0.15) is 5.75 Å². The average molecular weight is 423 g/mol. The Balaban J connectivity index is 1.57. The molecule has 1 aliphatic heterocycles. The number of aromatic nitrogens is 2. The van der Waals surface area contributed by atoms with E-state index in [-0.39, 0.29) is 24.9 Å². The van der Waals surface area contributed by atoms with Crippen LogP contribution in [0.15, 0.2) is 28.8 Å². The molecular formula is C18H25N5O5S. The zero-order valence-electron chi connectivity index (χ0n) is 16.7. The third-order valence-corrected chi connectivity index (χ3v) is 6.68. The van der Waals surface area contributed by atoms with Gasteiger partial charge in [-0.3, -0.25) is 4.79 Å². The van der Waals surface area contributed by atoms with Gasteiger partial charge in [0.25, 0.3) is 10.2 Å². The SMILES string of the molecule is COc1ccc(-c2noc(CNC(=O)[C@@H]3CCCN(S(=O)(=O)N(C)C)C3)n2)cc1. The molecule has 1 aromatic heterocycles. The van der Waals surface area contributed by atoms with E-state index < -0.39 is 16.1 Å². The second-order valence-electron chi connectivity index (χ2n) is 6.95. The minimum atomic E-state index is -3.53. The van der Waals surface area contributed by atoms with Crippen molar-refractivity contribution in [3.05, 3.63) is 30.2 Å². The lowest BCUT2D eigenvalue weighted by atomic mass is 9.99. The number of hydrogen-bond donors (Lipinski definition) is 1. The first-order chi connectivity index (χ1) is 13.8. The summed E-state index contributed by atoms with van der Waals surface area (Å²) in [6, 6.07) is 7.22. The predicted molar refractivity (Wildman–Crippen MR) is 105 cm³/mol. The highest BCUT2D eigenvalue weighted by atomic mass is 32.2. The molecular weight excluding hydrogens is 398 g/mol. The van der Waals surface area contributed by atoms with E-state index in [1.807, 2.05) is 12.1 Å². The summed E-state index contributed by atoms with van der Waals surface area (Å²) in [7, 11) is 1.02. The second-order valence-corrected chi connectivity index (χ2v) is 9.09. The summed E-state index contributed by atoms with van der Waals surface area (Å²) >= 11 is 0. The molecule has 0 spiro atoms. The van der Waals surface area contributed by atoms with Gasteiger partial charge >= 0.3 is 0 Å². The Labute approximate surface area is 170 Å². The van der Waals surface area contributed by atoms with Gasteiger partial charge in [0.15, 0.2) is 0 Å². The fourth-order valence-electron chi connectivity index (χ4n) is 3.09. The first kappa shape index (κ1) is 21.2. The predicted octanol–water partition coefficient (Wildman–Crippen LogP) is 0.880. The molecule has 1 atom stereocenters. The summed E-state index contributed by atoms with van der Waals surface area (Å²) in [5.74, 6) is 0.772. The molecule has 0 saturated carbocycles. The van der Waals surface area contributed by atoms with Gasteiger partial charge in [0.05, 0.1) is 19.6 Å². The van der Waals surface area contributed by atoms with Crippen LogP contribution >= 0.6 is 0 Å². The summed E-state index contributed by atoms with van der Waals surface area (Å²) in [6.07, 6.45) is 1.26. The molecule has 1 aliphatic rings. The molecule has 2 aromatic rings. The van der Waals surface area contributed by atoms with Gasteiger partial charge < -0.3 is 14.6 Å². The maximum atomic E-state index is 12.5. The van der Waals surface area contributed by atoms with E-state index in [1.54, 1.807) is 19.2 Å². The lowest BCUT2D eigenvalue weighted by molar-refractivity contribution is -0.126. The smallest absolute Gasteiger partial charge is 0.281 e. The summed E-state index contributed by atoms with van der Waals surface area (Å²) in [4.78, 5) is 16.8. The van der Waals surface area contributed by atoms with E-state index in [0.717, 1.165) is 15.6 Å². The van der Waals surface area contributed by atoms with E-state index in [0.29, 0.717) is 25.2 Å². The van der Waals surface area contributed by atoms with Crippen molar-refractivity contribution >= 4 is 16.1 Å². The Morgan fingerprint density at radius 3 is 2.72 bits per heavy atom. The monoisotopic (exact) mass is 423 g/mol. The van der Waals surface area contributed by atoms with Crippen molar-refractivity contribution in [1.29, 1.82) is 0 Å². The second kappa shape index (κ2) is 8.89. The highest BCUT2D eigenvalue weighted by Gasteiger charge is 2.33. The molecule has 1 N–H and O–H groups in total. The maximum Gasteiger partial charge on any atom is 0.281 e. The summed E-state index contributed by atoms with van der Waals surface area (Å²) in [6.45, 7) is 0.658. The molecule has 1 fully saturated rings. The van der Waals surface area contributed by atoms with Crippen LogP contribution in [-0.2, 0) is 21.5 Å². The van der Waals surface area contributed by atoms with Crippen molar-refractivity contribution in [2.45, 2.75) is 19.4 Å². The minimum Gasteiger partial charge on any atom is -0.497 e. The zero-order valence-corrected chi connectivity index (χ0v) is 17.5. The molecule has 2 heterocycles. The number of benzene rings is 1. The number of amides is 1. The quantitative estimate of drug-likeness (QED) is 0.702. The molecule has 0 aliphatic carbocycles.